The average molecular weight is 313 g/mol. The Morgan fingerprint density at radius 2 is 2.04 bits per heavy atom. The van der Waals surface area contributed by atoms with E-state index in [1.165, 1.54) is 35.2 Å². The van der Waals surface area contributed by atoms with Crippen molar-refractivity contribution in [1.82, 2.24) is 9.88 Å². The van der Waals surface area contributed by atoms with Gasteiger partial charge in [-0.05, 0) is 76.5 Å². The smallest absolute Gasteiger partial charge is 0.119 e. The second-order valence-corrected chi connectivity index (χ2v) is 6.59. The monoisotopic (exact) mass is 313 g/mol. The van der Waals surface area contributed by atoms with Crippen LogP contribution in [0.25, 0.3) is 10.9 Å². The van der Waals surface area contributed by atoms with E-state index < -0.39 is 0 Å². The molecule has 124 valence electrons. The standard InChI is InChI=1S/C19H27N3O/c1-22(2)12-6-11-20-19-15-7-4-5-8-17(15)21-18-10-9-14(23-3)13-16(18)19/h9-10,13H,4-8,11-12H2,1-3H3,(H,20,21). The predicted molar refractivity (Wildman–Crippen MR) is 96.6 cm³/mol. The minimum atomic E-state index is 0.895. The van der Waals surface area contributed by atoms with E-state index in [9.17, 15) is 0 Å². The van der Waals surface area contributed by atoms with Crippen LogP contribution in [0.5, 0.6) is 5.75 Å². The van der Waals surface area contributed by atoms with Crippen molar-refractivity contribution in [1.29, 1.82) is 0 Å². The second kappa shape index (κ2) is 7.18. The van der Waals surface area contributed by atoms with Crippen molar-refractivity contribution >= 4 is 16.6 Å². The zero-order valence-corrected chi connectivity index (χ0v) is 14.5. The van der Waals surface area contributed by atoms with Crippen molar-refractivity contribution in [2.75, 3.05) is 39.6 Å². The van der Waals surface area contributed by atoms with Gasteiger partial charge in [-0.1, -0.05) is 0 Å². The fourth-order valence-corrected chi connectivity index (χ4v) is 3.34. The fourth-order valence-electron chi connectivity index (χ4n) is 3.34. The third-order valence-corrected chi connectivity index (χ3v) is 4.55. The van der Waals surface area contributed by atoms with Crippen LogP contribution in [0.4, 0.5) is 5.69 Å². The molecule has 1 N–H and O–H groups in total. The molecular formula is C19H27N3O. The van der Waals surface area contributed by atoms with Gasteiger partial charge in [-0.15, -0.1) is 0 Å². The number of fused-ring (bicyclic) bond motifs is 2. The summed E-state index contributed by atoms with van der Waals surface area (Å²) in [6.07, 6.45) is 5.88. The largest absolute Gasteiger partial charge is 0.497 e. The highest BCUT2D eigenvalue weighted by molar-refractivity contribution is 5.94. The van der Waals surface area contributed by atoms with Crippen LogP contribution in [-0.4, -0.2) is 44.2 Å². The lowest BCUT2D eigenvalue weighted by Crippen LogP contribution is -2.18. The van der Waals surface area contributed by atoms with Crippen LogP contribution in [0.1, 0.15) is 30.5 Å². The number of hydrogen-bond donors (Lipinski definition) is 1. The van der Waals surface area contributed by atoms with Crippen molar-refractivity contribution < 1.29 is 4.74 Å². The lowest BCUT2D eigenvalue weighted by molar-refractivity contribution is 0.405. The van der Waals surface area contributed by atoms with Crippen LogP contribution in [0.15, 0.2) is 18.2 Å². The number of methoxy groups -OCH3 is 1. The number of nitrogens with one attached hydrogen (secondary N) is 1. The molecule has 4 heteroatoms. The number of nitrogens with zero attached hydrogens (tertiary/aromatic N) is 2. The molecule has 23 heavy (non-hydrogen) atoms. The number of pyridine rings is 1. The van der Waals surface area contributed by atoms with E-state index in [1.54, 1.807) is 7.11 Å². The molecule has 1 aliphatic rings. The van der Waals surface area contributed by atoms with Gasteiger partial charge in [0, 0.05) is 23.3 Å². The molecule has 2 aromatic rings. The molecule has 0 unspecified atom stereocenters. The van der Waals surface area contributed by atoms with Gasteiger partial charge >= 0.3 is 0 Å². The second-order valence-electron chi connectivity index (χ2n) is 6.59. The Kier molecular flexibility index (Phi) is 5.01. The van der Waals surface area contributed by atoms with E-state index >= 15 is 0 Å². The minimum absolute atomic E-state index is 0.895. The first-order valence-electron chi connectivity index (χ1n) is 8.57. The van der Waals surface area contributed by atoms with E-state index in [0.29, 0.717) is 0 Å². The van der Waals surface area contributed by atoms with Crippen LogP contribution in [0.3, 0.4) is 0 Å². The normalized spacial score (nSPS) is 14.1. The number of benzene rings is 1. The van der Waals surface area contributed by atoms with Crippen molar-refractivity contribution in [2.24, 2.45) is 0 Å². The van der Waals surface area contributed by atoms with Gasteiger partial charge in [0.25, 0.3) is 0 Å². The van der Waals surface area contributed by atoms with Gasteiger partial charge in [0.1, 0.15) is 5.75 Å². The summed E-state index contributed by atoms with van der Waals surface area (Å²) in [7, 11) is 5.96. The van der Waals surface area contributed by atoms with E-state index in [4.69, 9.17) is 9.72 Å². The molecule has 0 spiro atoms. The van der Waals surface area contributed by atoms with Crippen molar-refractivity contribution in [3.05, 3.63) is 29.5 Å². The summed E-state index contributed by atoms with van der Waals surface area (Å²) in [4.78, 5) is 7.13. The van der Waals surface area contributed by atoms with Crippen LogP contribution in [-0.2, 0) is 12.8 Å². The molecule has 0 radical (unpaired) electrons. The number of aromatic nitrogens is 1. The predicted octanol–water partition coefficient (Wildman–Crippen LogP) is 3.49. The lowest BCUT2D eigenvalue weighted by atomic mass is 9.92. The van der Waals surface area contributed by atoms with Gasteiger partial charge in [-0.3, -0.25) is 4.98 Å². The summed E-state index contributed by atoms with van der Waals surface area (Å²) in [5, 5.41) is 4.89. The van der Waals surface area contributed by atoms with E-state index in [-0.39, 0.29) is 0 Å². The highest BCUT2D eigenvalue weighted by Crippen LogP contribution is 2.34. The average Bonchev–Trinajstić information content (AvgIpc) is 2.57. The van der Waals surface area contributed by atoms with Gasteiger partial charge in [-0.2, -0.15) is 0 Å². The van der Waals surface area contributed by atoms with Gasteiger partial charge in [0.05, 0.1) is 12.6 Å². The lowest BCUT2D eigenvalue weighted by Gasteiger charge is -2.22. The molecule has 0 fully saturated rings. The maximum Gasteiger partial charge on any atom is 0.119 e. The molecule has 1 aromatic carbocycles. The summed E-state index contributed by atoms with van der Waals surface area (Å²) in [6, 6.07) is 6.19. The molecular weight excluding hydrogens is 286 g/mol. The quantitative estimate of drug-likeness (QED) is 0.829. The number of hydrogen-bond acceptors (Lipinski definition) is 4. The minimum Gasteiger partial charge on any atom is -0.497 e. The SMILES string of the molecule is COc1ccc2nc3c(c(NCCCN(C)C)c2c1)CCCC3. The molecule has 3 rings (SSSR count). The van der Waals surface area contributed by atoms with Gasteiger partial charge < -0.3 is 15.0 Å². The van der Waals surface area contributed by atoms with E-state index in [0.717, 1.165) is 43.6 Å². The van der Waals surface area contributed by atoms with Gasteiger partial charge in [0.15, 0.2) is 0 Å². The van der Waals surface area contributed by atoms with Gasteiger partial charge in [0.2, 0.25) is 0 Å². The summed E-state index contributed by atoms with van der Waals surface area (Å²) < 4.78 is 5.42. The molecule has 1 heterocycles. The number of ether oxygens (including phenoxy) is 1. The highest BCUT2D eigenvalue weighted by atomic mass is 16.5. The number of aryl methyl sites for hydroxylation is 1. The first-order chi connectivity index (χ1) is 11.2. The molecule has 1 aliphatic carbocycles. The molecule has 0 saturated carbocycles. The van der Waals surface area contributed by atoms with Crippen LogP contribution >= 0.6 is 0 Å². The zero-order chi connectivity index (χ0) is 16.2. The molecule has 0 amide bonds. The van der Waals surface area contributed by atoms with Crippen LogP contribution in [0.2, 0.25) is 0 Å². The number of rotatable bonds is 6. The molecule has 0 saturated heterocycles. The van der Waals surface area contributed by atoms with Crippen molar-refractivity contribution in [2.45, 2.75) is 32.1 Å². The zero-order valence-electron chi connectivity index (χ0n) is 14.5. The molecule has 0 aliphatic heterocycles. The Morgan fingerprint density at radius 1 is 1.22 bits per heavy atom. The molecule has 1 aromatic heterocycles. The maximum absolute atomic E-state index is 5.42. The Morgan fingerprint density at radius 3 is 2.83 bits per heavy atom. The highest BCUT2D eigenvalue weighted by Gasteiger charge is 2.18. The van der Waals surface area contributed by atoms with Gasteiger partial charge in [-0.25, -0.2) is 0 Å². The van der Waals surface area contributed by atoms with Crippen LogP contribution in [0, 0.1) is 0 Å². The topological polar surface area (TPSA) is 37.4 Å². The fraction of sp³-hybridized carbons (Fsp3) is 0.526. The molecule has 0 atom stereocenters. The van der Waals surface area contributed by atoms with Crippen molar-refractivity contribution in [3.63, 3.8) is 0 Å². The van der Waals surface area contributed by atoms with Crippen LogP contribution < -0.4 is 10.1 Å². The molecule has 0 bridgehead atoms. The van der Waals surface area contributed by atoms with E-state index in [2.05, 4.69) is 36.4 Å². The Balaban J connectivity index is 1.96. The third-order valence-electron chi connectivity index (χ3n) is 4.55. The third kappa shape index (κ3) is 3.58. The Bertz CT molecular complexity index is 682. The summed E-state index contributed by atoms with van der Waals surface area (Å²) in [5.74, 6) is 0.895. The summed E-state index contributed by atoms with van der Waals surface area (Å²) >= 11 is 0. The van der Waals surface area contributed by atoms with Crippen molar-refractivity contribution in [3.8, 4) is 5.75 Å². The first-order valence-corrected chi connectivity index (χ1v) is 8.57. The summed E-state index contributed by atoms with van der Waals surface area (Å²) in [6.45, 7) is 2.09. The summed E-state index contributed by atoms with van der Waals surface area (Å²) in [5.41, 5.74) is 5.05. The number of anilines is 1. The molecule has 4 nitrogen and oxygen atoms in total. The first kappa shape index (κ1) is 16.1. The Labute approximate surface area is 138 Å². The Hall–Kier alpha value is -1.81. The van der Waals surface area contributed by atoms with E-state index in [1.807, 2.05) is 6.07 Å². The maximum atomic E-state index is 5.42.